The summed E-state index contributed by atoms with van der Waals surface area (Å²) in [6, 6.07) is 7.81. The standard InChI is InChI=1S/C16H25N3O/c1-11-3-6-15(9-12(11)2)19-16(20)18-14-7-4-13(10-17)5-8-14/h4-5,7-8,11-12,15H,3,6,9-10,17H2,1-2H3,(H2,18,19,20). The van der Waals surface area contributed by atoms with E-state index in [4.69, 9.17) is 5.73 Å². The highest BCUT2D eigenvalue weighted by molar-refractivity contribution is 5.89. The number of hydrogen-bond donors (Lipinski definition) is 3. The average Bonchev–Trinajstić information content (AvgIpc) is 2.44. The molecule has 4 N–H and O–H groups in total. The van der Waals surface area contributed by atoms with Crippen LogP contribution in [-0.4, -0.2) is 12.1 Å². The maximum atomic E-state index is 12.0. The molecule has 2 rings (SSSR count). The van der Waals surface area contributed by atoms with Crippen LogP contribution in [0.3, 0.4) is 0 Å². The van der Waals surface area contributed by atoms with Gasteiger partial charge in [-0.1, -0.05) is 26.0 Å². The van der Waals surface area contributed by atoms with Gasteiger partial charge in [0.1, 0.15) is 0 Å². The van der Waals surface area contributed by atoms with Crippen molar-refractivity contribution >= 4 is 11.7 Å². The summed E-state index contributed by atoms with van der Waals surface area (Å²) < 4.78 is 0. The van der Waals surface area contributed by atoms with Crippen LogP contribution >= 0.6 is 0 Å². The Hall–Kier alpha value is -1.55. The molecule has 0 aliphatic heterocycles. The van der Waals surface area contributed by atoms with Crippen molar-refractivity contribution in [2.75, 3.05) is 5.32 Å². The topological polar surface area (TPSA) is 67.2 Å². The highest BCUT2D eigenvalue weighted by atomic mass is 16.2. The van der Waals surface area contributed by atoms with Crippen LogP contribution in [0.1, 0.15) is 38.7 Å². The van der Waals surface area contributed by atoms with E-state index in [1.165, 1.54) is 6.42 Å². The minimum absolute atomic E-state index is 0.114. The van der Waals surface area contributed by atoms with Gasteiger partial charge in [0.2, 0.25) is 0 Å². The summed E-state index contributed by atoms with van der Waals surface area (Å²) in [7, 11) is 0. The Morgan fingerprint density at radius 2 is 1.90 bits per heavy atom. The smallest absolute Gasteiger partial charge is 0.319 e. The number of hydrogen-bond acceptors (Lipinski definition) is 2. The Morgan fingerprint density at radius 3 is 2.50 bits per heavy atom. The molecule has 3 unspecified atom stereocenters. The SMILES string of the molecule is CC1CCC(NC(=O)Nc2ccc(CN)cc2)CC1C. The lowest BCUT2D eigenvalue weighted by Crippen LogP contribution is -2.41. The molecule has 4 heteroatoms. The molecule has 0 radical (unpaired) electrons. The lowest BCUT2D eigenvalue weighted by Gasteiger charge is -2.32. The largest absolute Gasteiger partial charge is 0.335 e. The van der Waals surface area contributed by atoms with Crippen LogP contribution < -0.4 is 16.4 Å². The van der Waals surface area contributed by atoms with Crippen LogP contribution in [0.5, 0.6) is 0 Å². The average molecular weight is 275 g/mol. The van der Waals surface area contributed by atoms with Crippen molar-refractivity contribution in [2.24, 2.45) is 17.6 Å². The number of carbonyl (C=O) groups is 1. The van der Waals surface area contributed by atoms with E-state index in [1.54, 1.807) is 0 Å². The first kappa shape index (κ1) is 14.9. The first-order chi connectivity index (χ1) is 9.58. The number of carbonyl (C=O) groups excluding carboxylic acids is 1. The van der Waals surface area contributed by atoms with Crippen LogP contribution in [0.15, 0.2) is 24.3 Å². The Bertz CT molecular complexity index is 444. The first-order valence-electron chi connectivity index (χ1n) is 7.45. The zero-order chi connectivity index (χ0) is 14.5. The summed E-state index contributed by atoms with van der Waals surface area (Å²) in [4.78, 5) is 12.0. The molecular weight excluding hydrogens is 250 g/mol. The first-order valence-corrected chi connectivity index (χ1v) is 7.45. The van der Waals surface area contributed by atoms with Crippen LogP contribution in [0.2, 0.25) is 0 Å². The van der Waals surface area contributed by atoms with Crippen molar-refractivity contribution in [3.05, 3.63) is 29.8 Å². The molecule has 3 atom stereocenters. The lowest BCUT2D eigenvalue weighted by atomic mass is 9.79. The molecular formula is C16H25N3O. The van der Waals surface area contributed by atoms with Crippen LogP contribution in [0.25, 0.3) is 0 Å². The molecule has 20 heavy (non-hydrogen) atoms. The van der Waals surface area contributed by atoms with Gasteiger partial charge in [-0.25, -0.2) is 4.79 Å². The minimum Gasteiger partial charge on any atom is -0.335 e. The summed E-state index contributed by atoms with van der Waals surface area (Å²) in [5.41, 5.74) is 7.41. The molecule has 110 valence electrons. The fraction of sp³-hybridized carbons (Fsp3) is 0.562. The number of anilines is 1. The monoisotopic (exact) mass is 275 g/mol. The molecule has 0 bridgehead atoms. The number of rotatable bonds is 3. The number of nitrogens with one attached hydrogen (secondary N) is 2. The van der Waals surface area contributed by atoms with Gasteiger partial charge in [-0.3, -0.25) is 0 Å². The van der Waals surface area contributed by atoms with E-state index >= 15 is 0 Å². The van der Waals surface area contributed by atoms with Crippen molar-refractivity contribution < 1.29 is 4.79 Å². The molecule has 1 aliphatic rings. The van der Waals surface area contributed by atoms with Crippen molar-refractivity contribution in [1.82, 2.24) is 5.32 Å². The van der Waals surface area contributed by atoms with Crippen LogP contribution in [0.4, 0.5) is 10.5 Å². The highest BCUT2D eigenvalue weighted by Gasteiger charge is 2.25. The van der Waals surface area contributed by atoms with Gasteiger partial charge < -0.3 is 16.4 Å². The van der Waals surface area contributed by atoms with Gasteiger partial charge in [-0.05, 0) is 48.8 Å². The molecule has 1 aromatic rings. The maximum absolute atomic E-state index is 12.0. The van der Waals surface area contributed by atoms with E-state index in [0.29, 0.717) is 18.5 Å². The minimum atomic E-state index is -0.114. The molecule has 1 aliphatic carbocycles. The second kappa shape index (κ2) is 6.75. The van der Waals surface area contributed by atoms with E-state index in [0.717, 1.165) is 30.0 Å². The van der Waals surface area contributed by atoms with E-state index in [2.05, 4.69) is 24.5 Å². The molecule has 2 amide bonds. The van der Waals surface area contributed by atoms with E-state index < -0.39 is 0 Å². The van der Waals surface area contributed by atoms with Gasteiger partial charge in [-0.15, -0.1) is 0 Å². The number of nitrogens with two attached hydrogens (primary N) is 1. The zero-order valence-corrected chi connectivity index (χ0v) is 12.4. The number of urea groups is 1. The Labute approximate surface area is 121 Å². The van der Waals surface area contributed by atoms with E-state index in [1.807, 2.05) is 24.3 Å². The van der Waals surface area contributed by atoms with Gasteiger partial charge in [0.15, 0.2) is 0 Å². The zero-order valence-electron chi connectivity index (χ0n) is 12.4. The van der Waals surface area contributed by atoms with Crippen LogP contribution in [-0.2, 0) is 6.54 Å². The van der Waals surface area contributed by atoms with E-state index in [9.17, 15) is 4.79 Å². The fourth-order valence-electron chi connectivity index (χ4n) is 2.76. The summed E-state index contributed by atoms with van der Waals surface area (Å²) in [6.07, 6.45) is 3.34. The maximum Gasteiger partial charge on any atom is 0.319 e. The summed E-state index contributed by atoms with van der Waals surface area (Å²) in [6.45, 7) is 5.08. The third-order valence-electron chi connectivity index (χ3n) is 4.38. The Morgan fingerprint density at radius 1 is 1.20 bits per heavy atom. The normalized spacial score (nSPS) is 26.1. The predicted molar refractivity (Wildman–Crippen MR) is 82.5 cm³/mol. The van der Waals surface area contributed by atoms with Crippen molar-refractivity contribution in [2.45, 2.75) is 45.7 Å². The fourth-order valence-corrected chi connectivity index (χ4v) is 2.76. The molecule has 0 aromatic heterocycles. The Balaban J connectivity index is 1.82. The molecule has 0 heterocycles. The van der Waals surface area contributed by atoms with Gasteiger partial charge in [0.05, 0.1) is 0 Å². The Kier molecular flexibility index (Phi) is 5.01. The summed E-state index contributed by atoms with van der Waals surface area (Å²) >= 11 is 0. The van der Waals surface area contributed by atoms with Crippen LogP contribution in [0, 0.1) is 11.8 Å². The predicted octanol–water partition coefficient (Wildman–Crippen LogP) is 3.09. The molecule has 1 saturated carbocycles. The highest BCUT2D eigenvalue weighted by Crippen LogP contribution is 2.29. The van der Waals surface area contributed by atoms with Crippen molar-refractivity contribution in [3.63, 3.8) is 0 Å². The molecule has 0 saturated heterocycles. The van der Waals surface area contributed by atoms with Gasteiger partial charge >= 0.3 is 6.03 Å². The lowest BCUT2D eigenvalue weighted by molar-refractivity contribution is 0.215. The summed E-state index contributed by atoms with van der Waals surface area (Å²) in [5.74, 6) is 1.44. The third-order valence-corrected chi connectivity index (χ3v) is 4.38. The molecule has 4 nitrogen and oxygen atoms in total. The number of benzene rings is 1. The van der Waals surface area contributed by atoms with E-state index in [-0.39, 0.29) is 6.03 Å². The van der Waals surface area contributed by atoms with Gasteiger partial charge in [-0.2, -0.15) is 0 Å². The second-order valence-electron chi connectivity index (χ2n) is 5.96. The van der Waals surface area contributed by atoms with Gasteiger partial charge in [0, 0.05) is 18.3 Å². The quantitative estimate of drug-likeness (QED) is 0.793. The molecule has 0 spiro atoms. The molecule has 1 fully saturated rings. The van der Waals surface area contributed by atoms with Gasteiger partial charge in [0.25, 0.3) is 0 Å². The number of amides is 2. The summed E-state index contributed by atoms with van der Waals surface area (Å²) in [5, 5.41) is 5.95. The van der Waals surface area contributed by atoms with Crippen molar-refractivity contribution in [3.8, 4) is 0 Å². The third kappa shape index (κ3) is 3.97. The van der Waals surface area contributed by atoms with Crippen molar-refractivity contribution in [1.29, 1.82) is 0 Å². The second-order valence-corrected chi connectivity index (χ2v) is 5.96. The molecule has 1 aromatic carbocycles.